The summed E-state index contributed by atoms with van der Waals surface area (Å²) in [7, 11) is 3.14. The monoisotopic (exact) mass is 388 g/mol. The van der Waals surface area contributed by atoms with Gasteiger partial charge in [-0.1, -0.05) is 37.3 Å². The van der Waals surface area contributed by atoms with Gasteiger partial charge in [0.1, 0.15) is 0 Å². The minimum Gasteiger partial charge on any atom is -0.376 e. The highest BCUT2D eigenvalue weighted by atomic mass is 19.4. The van der Waals surface area contributed by atoms with Crippen LogP contribution in [0.5, 0.6) is 0 Å². The first kappa shape index (κ1) is 23.2. The summed E-state index contributed by atoms with van der Waals surface area (Å²) in [5.41, 5.74) is 1.14. The van der Waals surface area contributed by atoms with Gasteiger partial charge in [-0.25, -0.2) is 0 Å². The molecular formula is C19H31F3N4O. The molecule has 0 aliphatic carbocycles. The fourth-order valence-electron chi connectivity index (χ4n) is 2.44. The van der Waals surface area contributed by atoms with E-state index >= 15 is 0 Å². The zero-order valence-electron chi connectivity index (χ0n) is 16.4. The zero-order chi connectivity index (χ0) is 20.1. The summed E-state index contributed by atoms with van der Waals surface area (Å²) < 4.78 is 42.5. The van der Waals surface area contributed by atoms with Gasteiger partial charge in [0.25, 0.3) is 0 Å². The Bertz CT molecular complexity index is 538. The van der Waals surface area contributed by atoms with Crippen LogP contribution < -0.4 is 10.6 Å². The Morgan fingerprint density at radius 2 is 1.93 bits per heavy atom. The van der Waals surface area contributed by atoms with Crippen molar-refractivity contribution in [2.45, 2.75) is 26.1 Å². The third-order valence-corrected chi connectivity index (χ3v) is 3.81. The molecule has 0 saturated heterocycles. The molecule has 0 aromatic heterocycles. The number of nitrogens with one attached hydrogen (secondary N) is 2. The van der Waals surface area contributed by atoms with Crippen molar-refractivity contribution in [3.63, 3.8) is 0 Å². The number of ether oxygens (including phenoxy) is 1. The molecular weight excluding hydrogens is 357 g/mol. The van der Waals surface area contributed by atoms with Gasteiger partial charge in [-0.05, 0) is 31.5 Å². The van der Waals surface area contributed by atoms with Crippen molar-refractivity contribution < 1.29 is 17.9 Å². The Kier molecular flexibility index (Phi) is 10.8. The largest absolute Gasteiger partial charge is 0.401 e. The van der Waals surface area contributed by atoms with Crippen LogP contribution in [0.25, 0.3) is 0 Å². The van der Waals surface area contributed by atoms with Crippen LogP contribution in [0.4, 0.5) is 13.2 Å². The van der Waals surface area contributed by atoms with Crippen LogP contribution in [0, 0.1) is 5.92 Å². The molecule has 0 aliphatic heterocycles. The Hall–Kier alpha value is -1.80. The lowest BCUT2D eigenvalue weighted by molar-refractivity contribution is -0.143. The topological polar surface area (TPSA) is 48.9 Å². The first-order valence-electron chi connectivity index (χ1n) is 9.11. The van der Waals surface area contributed by atoms with Gasteiger partial charge in [-0.15, -0.1) is 0 Å². The van der Waals surface area contributed by atoms with E-state index < -0.39 is 12.7 Å². The number of hydrogen-bond donors (Lipinski definition) is 2. The van der Waals surface area contributed by atoms with Gasteiger partial charge >= 0.3 is 6.18 Å². The lowest BCUT2D eigenvalue weighted by Crippen LogP contribution is -2.41. The summed E-state index contributed by atoms with van der Waals surface area (Å²) in [6.07, 6.45) is -3.55. The molecule has 0 aliphatic rings. The van der Waals surface area contributed by atoms with E-state index in [0.717, 1.165) is 5.56 Å². The second kappa shape index (κ2) is 12.6. The zero-order valence-corrected chi connectivity index (χ0v) is 16.4. The highest BCUT2D eigenvalue weighted by molar-refractivity contribution is 5.79. The smallest absolute Gasteiger partial charge is 0.376 e. The summed E-state index contributed by atoms with van der Waals surface area (Å²) in [6, 6.07) is 10.0. The Morgan fingerprint density at radius 1 is 1.22 bits per heavy atom. The second-order valence-electron chi connectivity index (χ2n) is 6.69. The van der Waals surface area contributed by atoms with Crippen molar-refractivity contribution in [1.82, 2.24) is 15.5 Å². The van der Waals surface area contributed by atoms with Crippen LogP contribution >= 0.6 is 0 Å². The molecule has 8 heteroatoms. The molecule has 0 heterocycles. The van der Waals surface area contributed by atoms with Crippen molar-refractivity contribution in [3.8, 4) is 0 Å². The molecule has 0 radical (unpaired) electrons. The highest BCUT2D eigenvalue weighted by Gasteiger charge is 2.28. The van der Waals surface area contributed by atoms with E-state index in [-0.39, 0.29) is 0 Å². The van der Waals surface area contributed by atoms with Crippen molar-refractivity contribution in [2.24, 2.45) is 10.9 Å². The first-order valence-corrected chi connectivity index (χ1v) is 9.11. The van der Waals surface area contributed by atoms with Crippen molar-refractivity contribution in [1.29, 1.82) is 0 Å². The molecule has 1 aromatic carbocycles. The predicted octanol–water partition coefficient (Wildman–Crippen LogP) is 2.89. The first-order chi connectivity index (χ1) is 12.8. The van der Waals surface area contributed by atoms with Gasteiger partial charge in [0, 0.05) is 20.1 Å². The molecule has 2 N–H and O–H groups in total. The van der Waals surface area contributed by atoms with E-state index in [9.17, 15) is 13.2 Å². The lowest BCUT2D eigenvalue weighted by Gasteiger charge is -2.19. The van der Waals surface area contributed by atoms with Crippen LogP contribution in [-0.2, 0) is 11.3 Å². The Balaban J connectivity index is 2.12. The number of hydrogen-bond acceptors (Lipinski definition) is 3. The molecule has 0 saturated carbocycles. The van der Waals surface area contributed by atoms with E-state index in [0.29, 0.717) is 51.1 Å². The average Bonchev–Trinajstić information content (AvgIpc) is 2.60. The molecule has 0 spiro atoms. The molecule has 1 rings (SSSR count). The third kappa shape index (κ3) is 12.3. The number of nitrogens with zero attached hydrogens (tertiary/aromatic N) is 2. The van der Waals surface area contributed by atoms with E-state index in [1.54, 1.807) is 7.05 Å². The van der Waals surface area contributed by atoms with Gasteiger partial charge in [0.15, 0.2) is 5.96 Å². The number of guanidine groups is 1. The highest BCUT2D eigenvalue weighted by Crippen LogP contribution is 2.15. The fourth-order valence-corrected chi connectivity index (χ4v) is 2.44. The number of alkyl halides is 3. The third-order valence-electron chi connectivity index (χ3n) is 3.81. The quantitative estimate of drug-likeness (QED) is 0.348. The molecule has 1 atom stereocenters. The maximum atomic E-state index is 12.3. The maximum Gasteiger partial charge on any atom is 0.401 e. The van der Waals surface area contributed by atoms with E-state index in [1.165, 1.54) is 11.9 Å². The normalized spacial score (nSPS) is 13.7. The average molecular weight is 388 g/mol. The van der Waals surface area contributed by atoms with E-state index in [2.05, 4.69) is 22.5 Å². The fraction of sp³-hybridized carbons (Fsp3) is 0.632. The van der Waals surface area contributed by atoms with Crippen LogP contribution in [0.3, 0.4) is 0 Å². The number of halogens is 3. The minimum atomic E-state index is -4.15. The second-order valence-corrected chi connectivity index (χ2v) is 6.69. The number of aliphatic imine (C=N–C) groups is 1. The standard InChI is InChI=1S/C19H31F3N4O/c1-16(13-27-14-17-8-5-4-6-9-17)12-25-18(23-2)24-10-7-11-26(3)15-19(20,21)22/h4-6,8-9,16H,7,10-15H2,1-3H3,(H2,23,24,25). The van der Waals surface area contributed by atoms with Crippen LogP contribution in [0.2, 0.25) is 0 Å². The van der Waals surface area contributed by atoms with Crippen LogP contribution in [0.15, 0.2) is 35.3 Å². The molecule has 1 unspecified atom stereocenters. The van der Waals surface area contributed by atoms with Gasteiger partial charge in [0.2, 0.25) is 0 Å². The van der Waals surface area contributed by atoms with E-state index in [4.69, 9.17) is 4.74 Å². The Labute approximate surface area is 160 Å². The predicted molar refractivity (Wildman–Crippen MR) is 103 cm³/mol. The molecule has 1 aromatic rings. The van der Waals surface area contributed by atoms with Gasteiger partial charge in [-0.2, -0.15) is 13.2 Å². The summed E-state index contributed by atoms with van der Waals surface area (Å²) >= 11 is 0. The van der Waals surface area contributed by atoms with Gasteiger partial charge in [-0.3, -0.25) is 9.89 Å². The molecule has 5 nitrogen and oxygen atoms in total. The molecule has 0 bridgehead atoms. The Morgan fingerprint density at radius 3 is 2.56 bits per heavy atom. The summed E-state index contributed by atoms with van der Waals surface area (Å²) in [4.78, 5) is 5.39. The minimum absolute atomic E-state index is 0.296. The SMILES string of the molecule is CN=C(NCCCN(C)CC(F)(F)F)NCC(C)COCc1ccccc1. The van der Waals surface area contributed by atoms with Crippen LogP contribution in [0.1, 0.15) is 18.9 Å². The summed E-state index contributed by atoms with van der Waals surface area (Å²) in [6.45, 7) is 4.03. The molecule has 154 valence electrons. The van der Waals surface area contributed by atoms with Crippen molar-refractivity contribution in [3.05, 3.63) is 35.9 Å². The van der Waals surface area contributed by atoms with Crippen LogP contribution in [-0.4, -0.2) is 63.9 Å². The number of rotatable bonds is 11. The van der Waals surface area contributed by atoms with Gasteiger partial charge in [0.05, 0.1) is 19.8 Å². The summed E-state index contributed by atoms with van der Waals surface area (Å²) in [5, 5.41) is 6.32. The molecule has 0 fully saturated rings. The lowest BCUT2D eigenvalue weighted by atomic mass is 10.2. The summed E-state index contributed by atoms with van der Waals surface area (Å²) in [5.74, 6) is 0.938. The van der Waals surface area contributed by atoms with Crippen molar-refractivity contribution in [2.75, 3.05) is 46.9 Å². The van der Waals surface area contributed by atoms with Gasteiger partial charge < -0.3 is 15.4 Å². The molecule has 0 amide bonds. The van der Waals surface area contributed by atoms with E-state index in [1.807, 2.05) is 30.3 Å². The maximum absolute atomic E-state index is 12.3. The van der Waals surface area contributed by atoms with Crippen molar-refractivity contribution >= 4 is 5.96 Å². The molecule has 27 heavy (non-hydrogen) atoms. The number of benzene rings is 1.